The highest BCUT2D eigenvalue weighted by atomic mass is 35.5. The summed E-state index contributed by atoms with van der Waals surface area (Å²) in [4.78, 5) is 26.8. The molecule has 0 spiro atoms. The van der Waals surface area contributed by atoms with Gasteiger partial charge in [0.05, 0.1) is 12.6 Å². The number of hydrogen-bond acceptors (Lipinski definition) is 5. The SMILES string of the molecule is O=C(NCc1cccc(Cl)c1)c1cc(CN(CC2CCCO2)C(=O)C2CC2)on1. The Hall–Kier alpha value is -2.38. The third kappa shape index (κ3) is 5.36. The molecule has 1 atom stereocenters. The summed E-state index contributed by atoms with van der Waals surface area (Å²) in [7, 11) is 0. The maximum absolute atomic E-state index is 12.6. The summed E-state index contributed by atoms with van der Waals surface area (Å²) in [6.45, 7) is 1.93. The molecule has 0 bridgehead atoms. The van der Waals surface area contributed by atoms with Crippen molar-refractivity contribution in [3.8, 4) is 0 Å². The van der Waals surface area contributed by atoms with E-state index < -0.39 is 0 Å². The second-order valence-corrected chi connectivity index (χ2v) is 8.06. The van der Waals surface area contributed by atoms with E-state index in [1.54, 1.807) is 23.1 Å². The average Bonchev–Trinajstić information content (AvgIpc) is 3.23. The minimum atomic E-state index is -0.334. The molecule has 7 nitrogen and oxygen atoms in total. The molecular formula is C21H24ClN3O4. The van der Waals surface area contributed by atoms with E-state index in [1.807, 2.05) is 12.1 Å². The zero-order valence-electron chi connectivity index (χ0n) is 16.1. The molecule has 4 rings (SSSR count). The van der Waals surface area contributed by atoms with Crippen LogP contribution in [0, 0.1) is 5.92 Å². The second-order valence-electron chi connectivity index (χ2n) is 7.62. The molecule has 2 aliphatic rings. The van der Waals surface area contributed by atoms with Gasteiger partial charge in [-0.05, 0) is 43.4 Å². The fourth-order valence-corrected chi connectivity index (χ4v) is 3.67. The predicted molar refractivity (Wildman–Crippen MR) is 106 cm³/mol. The lowest BCUT2D eigenvalue weighted by atomic mass is 10.2. The first-order valence-corrected chi connectivity index (χ1v) is 10.3. The van der Waals surface area contributed by atoms with Crippen LogP contribution >= 0.6 is 11.6 Å². The Balaban J connectivity index is 1.35. The molecule has 1 aliphatic heterocycles. The van der Waals surface area contributed by atoms with Gasteiger partial charge in [-0.15, -0.1) is 0 Å². The quantitative estimate of drug-likeness (QED) is 0.713. The van der Waals surface area contributed by atoms with Crippen LogP contribution in [0.15, 0.2) is 34.9 Å². The zero-order chi connectivity index (χ0) is 20.2. The third-order valence-electron chi connectivity index (χ3n) is 5.17. The van der Waals surface area contributed by atoms with E-state index in [-0.39, 0.29) is 29.5 Å². The lowest BCUT2D eigenvalue weighted by Crippen LogP contribution is -2.37. The Labute approximate surface area is 174 Å². The molecule has 1 saturated heterocycles. The number of halogens is 1. The normalized spacial score (nSPS) is 18.6. The Morgan fingerprint density at radius 3 is 2.83 bits per heavy atom. The fraction of sp³-hybridized carbons (Fsp3) is 0.476. The molecular weight excluding hydrogens is 394 g/mol. The largest absolute Gasteiger partial charge is 0.376 e. The lowest BCUT2D eigenvalue weighted by molar-refractivity contribution is -0.135. The first-order valence-electron chi connectivity index (χ1n) is 9.97. The van der Waals surface area contributed by atoms with Crippen molar-refractivity contribution in [1.82, 2.24) is 15.4 Å². The van der Waals surface area contributed by atoms with Gasteiger partial charge in [-0.2, -0.15) is 0 Å². The van der Waals surface area contributed by atoms with E-state index in [4.69, 9.17) is 20.9 Å². The maximum atomic E-state index is 12.6. The van der Waals surface area contributed by atoms with E-state index in [2.05, 4.69) is 10.5 Å². The molecule has 29 heavy (non-hydrogen) atoms. The van der Waals surface area contributed by atoms with Crippen molar-refractivity contribution >= 4 is 23.4 Å². The minimum Gasteiger partial charge on any atom is -0.376 e. The van der Waals surface area contributed by atoms with Gasteiger partial charge in [-0.3, -0.25) is 9.59 Å². The van der Waals surface area contributed by atoms with Crippen LogP contribution < -0.4 is 5.32 Å². The monoisotopic (exact) mass is 417 g/mol. The number of ether oxygens (including phenoxy) is 1. The van der Waals surface area contributed by atoms with Crippen LogP contribution in [0.4, 0.5) is 0 Å². The fourth-order valence-electron chi connectivity index (χ4n) is 3.46. The second kappa shape index (κ2) is 8.97. The molecule has 0 radical (unpaired) electrons. The van der Waals surface area contributed by atoms with Gasteiger partial charge in [-0.1, -0.05) is 28.9 Å². The molecule has 1 aromatic heterocycles. The standard InChI is InChI=1S/C21H24ClN3O4/c22-16-4-1-3-14(9-16)11-23-20(26)19-10-18(29-24-19)13-25(21(27)15-6-7-15)12-17-5-2-8-28-17/h1,3-4,9-10,15,17H,2,5-8,11-13H2,(H,23,26). The van der Waals surface area contributed by atoms with Crippen molar-refractivity contribution in [3.63, 3.8) is 0 Å². The van der Waals surface area contributed by atoms with Crippen molar-refractivity contribution in [2.45, 2.75) is 44.9 Å². The van der Waals surface area contributed by atoms with Crippen molar-refractivity contribution in [3.05, 3.63) is 52.4 Å². The molecule has 8 heteroatoms. The highest BCUT2D eigenvalue weighted by molar-refractivity contribution is 6.30. The molecule has 2 aromatic rings. The number of carbonyl (C=O) groups is 2. The summed E-state index contributed by atoms with van der Waals surface area (Å²) in [6.07, 6.45) is 3.93. The molecule has 2 heterocycles. The summed E-state index contributed by atoms with van der Waals surface area (Å²) >= 11 is 5.96. The number of amides is 2. The van der Waals surface area contributed by atoms with Crippen LogP contribution in [-0.4, -0.2) is 41.1 Å². The number of aromatic nitrogens is 1. The Kier molecular flexibility index (Phi) is 6.16. The van der Waals surface area contributed by atoms with Gasteiger partial charge in [0.1, 0.15) is 0 Å². The van der Waals surface area contributed by atoms with E-state index in [0.29, 0.717) is 30.4 Å². The lowest BCUT2D eigenvalue weighted by Gasteiger charge is -2.24. The number of benzene rings is 1. The molecule has 2 amide bonds. The number of nitrogens with zero attached hydrogens (tertiary/aromatic N) is 2. The molecule has 154 valence electrons. The van der Waals surface area contributed by atoms with E-state index >= 15 is 0 Å². The first kappa shape index (κ1) is 19.9. The van der Waals surface area contributed by atoms with E-state index in [9.17, 15) is 9.59 Å². The Bertz CT molecular complexity index is 874. The topological polar surface area (TPSA) is 84.7 Å². The number of rotatable bonds is 8. The first-order chi connectivity index (χ1) is 14.1. The zero-order valence-corrected chi connectivity index (χ0v) is 16.9. The summed E-state index contributed by atoms with van der Waals surface area (Å²) in [5.74, 6) is 0.396. The molecule has 1 aliphatic carbocycles. The van der Waals surface area contributed by atoms with E-state index in [0.717, 1.165) is 37.9 Å². The van der Waals surface area contributed by atoms with Gasteiger partial charge >= 0.3 is 0 Å². The van der Waals surface area contributed by atoms with Gasteiger partial charge in [-0.25, -0.2) is 0 Å². The van der Waals surface area contributed by atoms with Crippen LogP contribution in [0.3, 0.4) is 0 Å². The number of carbonyl (C=O) groups excluding carboxylic acids is 2. The molecule has 1 aromatic carbocycles. The van der Waals surface area contributed by atoms with Gasteiger partial charge in [0, 0.05) is 36.7 Å². The number of hydrogen-bond donors (Lipinski definition) is 1. The van der Waals surface area contributed by atoms with Crippen molar-refractivity contribution in [2.24, 2.45) is 5.92 Å². The molecule has 1 unspecified atom stereocenters. The van der Waals surface area contributed by atoms with Crippen LogP contribution in [0.2, 0.25) is 5.02 Å². The average molecular weight is 418 g/mol. The van der Waals surface area contributed by atoms with Gasteiger partial charge < -0.3 is 19.5 Å². The van der Waals surface area contributed by atoms with Crippen molar-refractivity contribution < 1.29 is 18.8 Å². The van der Waals surface area contributed by atoms with Crippen LogP contribution in [0.5, 0.6) is 0 Å². The van der Waals surface area contributed by atoms with Crippen molar-refractivity contribution in [1.29, 1.82) is 0 Å². The Morgan fingerprint density at radius 1 is 1.24 bits per heavy atom. The van der Waals surface area contributed by atoms with E-state index in [1.165, 1.54) is 0 Å². The molecule has 2 fully saturated rings. The summed E-state index contributed by atoms with van der Waals surface area (Å²) in [5, 5.41) is 7.28. The van der Waals surface area contributed by atoms with Gasteiger partial charge in [0.15, 0.2) is 11.5 Å². The third-order valence-corrected chi connectivity index (χ3v) is 5.40. The van der Waals surface area contributed by atoms with Crippen LogP contribution in [0.25, 0.3) is 0 Å². The Morgan fingerprint density at radius 2 is 2.10 bits per heavy atom. The highest BCUT2D eigenvalue weighted by Crippen LogP contribution is 2.32. The minimum absolute atomic E-state index is 0.0705. The predicted octanol–water partition coefficient (Wildman–Crippen LogP) is 3.18. The smallest absolute Gasteiger partial charge is 0.273 e. The van der Waals surface area contributed by atoms with Crippen LogP contribution in [0.1, 0.15) is 47.5 Å². The highest BCUT2D eigenvalue weighted by Gasteiger charge is 2.35. The molecule has 1 saturated carbocycles. The molecule has 1 N–H and O–H groups in total. The number of nitrogens with one attached hydrogen (secondary N) is 1. The van der Waals surface area contributed by atoms with Crippen molar-refractivity contribution in [2.75, 3.05) is 13.2 Å². The van der Waals surface area contributed by atoms with Crippen LogP contribution in [-0.2, 0) is 22.6 Å². The summed E-state index contributed by atoms with van der Waals surface area (Å²) in [6, 6.07) is 8.88. The summed E-state index contributed by atoms with van der Waals surface area (Å²) in [5.41, 5.74) is 1.09. The van der Waals surface area contributed by atoms with Gasteiger partial charge in [0.25, 0.3) is 5.91 Å². The maximum Gasteiger partial charge on any atom is 0.273 e. The van der Waals surface area contributed by atoms with Gasteiger partial charge in [0.2, 0.25) is 5.91 Å². The summed E-state index contributed by atoms with van der Waals surface area (Å²) < 4.78 is 11.0.